The summed E-state index contributed by atoms with van der Waals surface area (Å²) in [7, 11) is 0. The van der Waals surface area contributed by atoms with Crippen molar-refractivity contribution in [2.75, 3.05) is 0 Å². The SMILES string of the molecule is Cc1cc(CC(=O)O)sn1. The van der Waals surface area contributed by atoms with Gasteiger partial charge in [0.05, 0.1) is 12.1 Å². The van der Waals surface area contributed by atoms with Crippen LogP contribution in [0.2, 0.25) is 0 Å². The lowest BCUT2D eigenvalue weighted by molar-refractivity contribution is -0.136. The second-order valence-corrected chi connectivity index (χ2v) is 2.89. The average Bonchev–Trinajstić information content (AvgIpc) is 2.13. The fourth-order valence-corrected chi connectivity index (χ4v) is 1.37. The number of hydrogen-bond acceptors (Lipinski definition) is 3. The van der Waals surface area contributed by atoms with Crippen molar-refractivity contribution in [1.29, 1.82) is 0 Å². The van der Waals surface area contributed by atoms with E-state index in [0.717, 1.165) is 10.6 Å². The van der Waals surface area contributed by atoms with E-state index in [1.807, 2.05) is 6.92 Å². The normalized spacial score (nSPS) is 9.70. The van der Waals surface area contributed by atoms with Crippen molar-refractivity contribution in [3.05, 3.63) is 16.6 Å². The molecule has 3 nitrogen and oxygen atoms in total. The lowest BCUT2D eigenvalue weighted by Crippen LogP contribution is -1.97. The van der Waals surface area contributed by atoms with E-state index in [0.29, 0.717) is 0 Å². The Labute approximate surface area is 62.5 Å². The van der Waals surface area contributed by atoms with E-state index in [2.05, 4.69) is 4.37 Å². The van der Waals surface area contributed by atoms with Gasteiger partial charge in [-0.15, -0.1) is 0 Å². The molecule has 0 spiro atoms. The Morgan fingerprint density at radius 3 is 3.00 bits per heavy atom. The van der Waals surface area contributed by atoms with Crippen LogP contribution in [-0.4, -0.2) is 15.4 Å². The molecule has 0 bridgehead atoms. The Bertz CT molecular complexity index is 244. The molecule has 0 saturated heterocycles. The van der Waals surface area contributed by atoms with E-state index in [1.165, 1.54) is 11.5 Å². The molecule has 0 unspecified atom stereocenters. The Morgan fingerprint density at radius 2 is 2.60 bits per heavy atom. The van der Waals surface area contributed by atoms with Gasteiger partial charge in [0.25, 0.3) is 0 Å². The molecular weight excluding hydrogens is 150 g/mol. The summed E-state index contributed by atoms with van der Waals surface area (Å²) in [6.07, 6.45) is 0.0888. The summed E-state index contributed by atoms with van der Waals surface area (Å²) in [5.41, 5.74) is 0.890. The minimum absolute atomic E-state index is 0.0888. The predicted octanol–water partition coefficient (Wildman–Crippen LogP) is 1.08. The molecule has 4 heteroatoms. The summed E-state index contributed by atoms with van der Waals surface area (Å²) in [6.45, 7) is 1.85. The third kappa shape index (κ3) is 1.80. The molecule has 0 aliphatic carbocycles. The van der Waals surface area contributed by atoms with Gasteiger partial charge in [0.2, 0.25) is 0 Å². The summed E-state index contributed by atoms with van der Waals surface area (Å²) >= 11 is 1.25. The number of aliphatic carboxylic acids is 1. The van der Waals surface area contributed by atoms with E-state index in [1.54, 1.807) is 6.07 Å². The van der Waals surface area contributed by atoms with Crippen LogP contribution >= 0.6 is 11.5 Å². The van der Waals surface area contributed by atoms with Crippen LogP contribution in [0, 0.1) is 6.92 Å². The highest BCUT2D eigenvalue weighted by Gasteiger charge is 2.02. The van der Waals surface area contributed by atoms with Gasteiger partial charge in [0.15, 0.2) is 0 Å². The molecular formula is C6H7NO2S. The molecule has 0 aliphatic heterocycles. The summed E-state index contributed by atoms with van der Waals surface area (Å²) < 4.78 is 3.95. The van der Waals surface area contributed by atoms with Gasteiger partial charge in [-0.1, -0.05) is 0 Å². The standard InChI is InChI=1S/C6H7NO2S/c1-4-2-5(10-7-4)3-6(8)9/h2H,3H2,1H3,(H,8,9). The quantitative estimate of drug-likeness (QED) is 0.698. The maximum absolute atomic E-state index is 10.2. The van der Waals surface area contributed by atoms with Crippen molar-refractivity contribution >= 4 is 17.5 Å². The van der Waals surface area contributed by atoms with Crippen molar-refractivity contribution in [1.82, 2.24) is 4.37 Å². The van der Waals surface area contributed by atoms with Crippen molar-refractivity contribution < 1.29 is 9.90 Å². The second-order valence-electron chi connectivity index (χ2n) is 2.01. The number of carbonyl (C=O) groups is 1. The van der Waals surface area contributed by atoms with E-state index in [4.69, 9.17) is 5.11 Å². The van der Waals surface area contributed by atoms with Gasteiger partial charge in [-0.05, 0) is 24.5 Å². The summed E-state index contributed by atoms with van der Waals surface area (Å²) in [5, 5.41) is 8.36. The van der Waals surface area contributed by atoms with E-state index >= 15 is 0 Å². The predicted molar refractivity (Wildman–Crippen MR) is 38.2 cm³/mol. The first-order valence-corrected chi connectivity index (χ1v) is 3.60. The van der Waals surface area contributed by atoms with Crippen molar-refractivity contribution in [2.45, 2.75) is 13.3 Å². The van der Waals surface area contributed by atoms with Gasteiger partial charge in [-0.3, -0.25) is 4.79 Å². The fraction of sp³-hybridized carbons (Fsp3) is 0.333. The van der Waals surface area contributed by atoms with E-state index in [9.17, 15) is 4.79 Å². The molecule has 0 saturated carbocycles. The molecule has 1 aromatic rings. The zero-order valence-corrected chi connectivity index (χ0v) is 6.31. The van der Waals surface area contributed by atoms with Gasteiger partial charge >= 0.3 is 5.97 Å². The summed E-state index contributed by atoms with van der Waals surface area (Å²) in [5.74, 6) is -0.802. The third-order valence-electron chi connectivity index (χ3n) is 1.00. The van der Waals surface area contributed by atoms with Gasteiger partial charge in [0, 0.05) is 4.88 Å². The summed E-state index contributed by atoms with van der Waals surface area (Å²) in [4.78, 5) is 11.0. The van der Waals surface area contributed by atoms with E-state index < -0.39 is 5.97 Å². The number of aromatic nitrogens is 1. The largest absolute Gasteiger partial charge is 0.481 e. The molecule has 1 rings (SSSR count). The first-order valence-electron chi connectivity index (χ1n) is 2.82. The van der Waals surface area contributed by atoms with Crippen LogP contribution in [0.5, 0.6) is 0 Å². The molecule has 54 valence electrons. The molecule has 0 radical (unpaired) electrons. The molecule has 1 aromatic heterocycles. The highest BCUT2D eigenvalue weighted by molar-refractivity contribution is 7.05. The highest BCUT2D eigenvalue weighted by Crippen LogP contribution is 2.08. The first-order chi connectivity index (χ1) is 4.68. The fourth-order valence-electron chi connectivity index (χ4n) is 0.649. The Kier molecular flexibility index (Phi) is 2.01. The van der Waals surface area contributed by atoms with Crippen LogP contribution in [0.15, 0.2) is 6.07 Å². The maximum Gasteiger partial charge on any atom is 0.308 e. The van der Waals surface area contributed by atoms with E-state index in [-0.39, 0.29) is 6.42 Å². The number of carboxylic acid groups (broad SMARTS) is 1. The second kappa shape index (κ2) is 2.79. The Hall–Kier alpha value is -0.900. The molecule has 1 heterocycles. The molecule has 0 aromatic carbocycles. The summed E-state index contributed by atoms with van der Waals surface area (Å²) in [6, 6.07) is 1.79. The van der Waals surface area contributed by atoms with Crippen LogP contribution in [0.25, 0.3) is 0 Å². The monoisotopic (exact) mass is 157 g/mol. The van der Waals surface area contributed by atoms with Crippen molar-refractivity contribution in [3.63, 3.8) is 0 Å². The van der Waals surface area contributed by atoms with Crippen LogP contribution in [-0.2, 0) is 11.2 Å². The lowest BCUT2D eigenvalue weighted by atomic mass is 10.3. The topological polar surface area (TPSA) is 50.2 Å². The van der Waals surface area contributed by atoms with Crippen molar-refractivity contribution in [3.8, 4) is 0 Å². The average molecular weight is 157 g/mol. The molecule has 0 amide bonds. The number of carboxylic acids is 1. The number of hydrogen-bond donors (Lipinski definition) is 1. The van der Waals surface area contributed by atoms with Gasteiger partial charge in [-0.25, -0.2) is 0 Å². The van der Waals surface area contributed by atoms with Crippen LogP contribution in [0.3, 0.4) is 0 Å². The minimum atomic E-state index is -0.802. The highest BCUT2D eigenvalue weighted by atomic mass is 32.1. The van der Waals surface area contributed by atoms with Gasteiger partial charge < -0.3 is 5.11 Å². The molecule has 0 atom stereocenters. The molecule has 0 fully saturated rings. The molecule has 1 N–H and O–H groups in total. The zero-order chi connectivity index (χ0) is 7.56. The minimum Gasteiger partial charge on any atom is -0.481 e. The lowest BCUT2D eigenvalue weighted by Gasteiger charge is -1.84. The molecule has 0 aliphatic rings. The Morgan fingerprint density at radius 1 is 1.90 bits per heavy atom. The van der Waals surface area contributed by atoms with Crippen LogP contribution < -0.4 is 0 Å². The van der Waals surface area contributed by atoms with Crippen LogP contribution in [0.4, 0.5) is 0 Å². The van der Waals surface area contributed by atoms with Crippen molar-refractivity contribution in [2.24, 2.45) is 0 Å². The molecule has 10 heavy (non-hydrogen) atoms. The van der Waals surface area contributed by atoms with Gasteiger partial charge in [0.1, 0.15) is 0 Å². The zero-order valence-electron chi connectivity index (χ0n) is 5.50. The smallest absolute Gasteiger partial charge is 0.308 e. The Balaban J connectivity index is 2.67. The number of nitrogens with zero attached hydrogens (tertiary/aromatic N) is 1. The maximum atomic E-state index is 10.2. The number of rotatable bonds is 2. The van der Waals surface area contributed by atoms with Gasteiger partial charge in [-0.2, -0.15) is 4.37 Å². The number of aryl methyl sites for hydroxylation is 1. The van der Waals surface area contributed by atoms with Crippen LogP contribution in [0.1, 0.15) is 10.6 Å². The first kappa shape index (κ1) is 7.21. The third-order valence-corrected chi connectivity index (χ3v) is 1.88.